The van der Waals surface area contributed by atoms with Crippen LogP contribution in [0.3, 0.4) is 0 Å². The predicted molar refractivity (Wildman–Crippen MR) is 113 cm³/mol. The molecule has 3 rings (SSSR count). The van der Waals surface area contributed by atoms with Crippen LogP contribution in [0.5, 0.6) is 5.75 Å². The lowest BCUT2D eigenvalue weighted by molar-refractivity contribution is 0.0938. The van der Waals surface area contributed by atoms with E-state index in [2.05, 4.69) is 17.4 Å². The monoisotopic (exact) mass is 416 g/mol. The Kier molecular flexibility index (Phi) is 6.92. The summed E-state index contributed by atoms with van der Waals surface area (Å²) in [5.41, 5.74) is 1.53. The predicted octanol–water partition coefficient (Wildman–Crippen LogP) is 3.23. The summed E-state index contributed by atoms with van der Waals surface area (Å²) in [6.07, 6.45) is 3.35. The zero-order valence-electron chi connectivity index (χ0n) is 16.9. The average Bonchev–Trinajstić information content (AvgIpc) is 3.28. The van der Waals surface area contributed by atoms with Crippen LogP contribution in [0.4, 0.5) is 0 Å². The molecule has 1 N–H and O–H groups in total. The molecular weight excluding hydrogens is 388 g/mol. The van der Waals surface area contributed by atoms with E-state index in [9.17, 15) is 13.2 Å². The molecule has 0 bridgehead atoms. The maximum absolute atomic E-state index is 13.0. The highest BCUT2D eigenvalue weighted by Gasteiger charge is 2.30. The SMILES string of the molecule is COc1ccc(C(=O)N[C@@H](C)CCc2ccccc2)cc1S(=O)(=O)N1CCCC1. The van der Waals surface area contributed by atoms with Crippen LogP contribution in [0.1, 0.15) is 42.1 Å². The molecule has 0 aliphatic carbocycles. The number of nitrogens with one attached hydrogen (secondary N) is 1. The van der Waals surface area contributed by atoms with Crippen LogP contribution in [0.25, 0.3) is 0 Å². The Morgan fingerprint density at radius 2 is 1.83 bits per heavy atom. The third-order valence-corrected chi connectivity index (χ3v) is 7.11. The summed E-state index contributed by atoms with van der Waals surface area (Å²) in [6.45, 7) is 2.95. The van der Waals surface area contributed by atoms with Gasteiger partial charge in [-0.05, 0) is 56.4 Å². The number of sulfonamides is 1. The van der Waals surface area contributed by atoms with Gasteiger partial charge in [-0.15, -0.1) is 0 Å². The van der Waals surface area contributed by atoms with Crippen molar-refractivity contribution in [3.8, 4) is 5.75 Å². The quantitative estimate of drug-likeness (QED) is 0.717. The number of nitrogens with zero attached hydrogens (tertiary/aromatic N) is 1. The number of amides is 1. The molecule has 1 saturated heterocycles. The van der Waals surface area contributed by atoms with Gasteiger partial charge in [0.25, 0.3) is 5.91 Å². The molecule has 0 saturated carbocycles. The van der Waals surface area contributed by atoms with E-state index in [4.69, 9.17) is 4.74 Å². The molecule has 1 heterocycles. The van der Waals surface area contributed by atoms with E-state index in [-0.39, 0.29) is 22.6 Å². The first-order chi connectivity index (χ1) is 13.9. The molecule has 156 valence electrons. The fourth-order valence-electron chi connectivity index (χ4n) is 3.49. The van der Waals surface area contributed by atoms with E-state index in [0.717, 1.165) is 25.7 Å². The molecule has 0 spiro atoms. The van der Waals surface area contributed by atoms with Gasteiger partial charge in [-0.2, -0.15) is 4.31 Å². The molecule has 0 aromatic heterocycles. The summed E-state index contributed by atoms with van der Waals surface area (Å²) in [5.74, 6) is -0.0309. The number of hydrogen-bond donors (Lipinski definition) is 1. The standard InChI is InChI=1S/C22H28N2O4S/c1-17(10-11-18-8-4-3-5-9-18)23-22(25)19-12-13-20(28-2)21(16-19)29(26,27)24-14-6-7-15-24/h3-5,8-9,12-13,16-17H,6-7,10-11,14-15H2,1-2H3,(H,23,25)/t17-/m0/s1. The van der Waals surface area contributed by atoms with Gasteiger partial charge in [0.05, 0.1) is 7.11 Å². The molecule has 6 nitrogen and oxygen atoms in total. The van der Waals surface area contributed by atoms with Crippen molar-refractivity contribution < 1.29 is 17.9 Å². The lowest BCUT2D eigenvalue weighted by Gasteiger charge is -2.19. The van der Waals surface area contributed by atoms with Crippen molar-refractivity contribution in [3.63, 3.8) is 0 Å². The van der Waals surface area contributed by atoms with Crippen LogP contribution in [0.15, 0.2) is 53.4 Å². The van der Waals surface area contributed by atoms with Crippen LogP contribution >= 0.6 is 0 Å². The topological polar surface area (TPSA) is 75.7 Å². The van der Waals surface area contributed by atoms with Gasteiger partial charge in [-0.25, -0.2) is 8.42 Å². The number of carbonyl (C=O) groups is 1. The normalized spacial score (nSPS) is 15.8. The molecule has 1 amide bonds. The van der Waals surface area contributed by atoms with Crippen LogP contribution in [0.2, 0.25) is 0 Å². The Morgan fingerprint density at radius 1 is 1.14 bits per heavy atom. The zero-order chi connectivity index (χ0) is 20.9. The zero-order valence-corrected chi connectivity index (χ0v) is 17.7. The lowest BCUT2D eigenvalue weighted by Crippen LogP contribution is -2.33. The Bertz CT molecular complexity index is 939. The summed E-state index contributed by atoms with van der Waals surface area (Å²) >= 11 is 0. The molecule has 2 aromatic rings. The van der Waals surface area contributed by atoms with Crippen molar-refractivity contribution in [1.29, 1.82) is 0 Å². The highest BCUT2D eigenvalue weighted by Crippen LogP contribution is 2.29. The lowest BCUT2D eigenvalue weighted by atomic mass is 10.1. The van der Waals surface area contributed by atoms with Crippen molar-refractivity contribution in [3.05, 3.63) is 59.7 Å². The molecule has 1 fully saturated rings. The molecule has 0 unspecified atom stereocenters. The molecule has 1 aliphatic heterocycles. The maximum Gasteiger partial charge on any atom is 0.251 e. The van der Waals surface area contributed by atoms with Gasteiger partial charge in [0, 0.05) is 24.7 Å². The summed E-state index contributed by atoms with van der Waals surface area (Å²) in [4.78, 5) is 12.8. The summed E-state index contributed by atoms with van der Waals surface area (Å²) in [7, 11) is -2.25. The molecule has 1 aliphatic rings. The van der Waals surface area contributed by atoms with Crippen LogP contribution in [0, 0.1) is 0 Å². The minimum atomic E-state index is -3.68. The number of benzene rings is 2. The number of ether oxygens (including phenoxy) is 1. The van der Waals surface area contributed by atoms with Crippen molar-refractivity contribution in [1.82, 2.24) is 9.62 Å². The summed E-state index contributed by atoms with van der Waals surface area (Å²) < 4.78 is 32.7. The Hall–Kier alpha value is -2.38. The number of rotatable bonds is 8. The highest BCUT2D eigenvalue weighted by atomic mass is 32.2. The van der Waals surface area contributed by atoms with E-state index in [1.807, 2.05) is 25.1 Å². The Balaban J connectivity index is 1.72. The van der Waals surface area contributed by atoms with E-state index < -0.39 is 10.0 Å². The molecular formula is C22H28N2O4S. The van der Waals surface area contributed by atoms with Crippen LogP contribution in [-0.4, -0.2) is 44.9 Å². The fraction of sp³-hybridized carbons (Fsp3) is 0.409. The van der Waals surface area contributed by atoms with Gasteiger partial charge in [0.15, 0.2) is 0 Å². The Labute approximate surface area is 172 Å². The van der Waals surface area contributed by atoms with E-state index in [0.29, 0.717) is 18.7 Å². The summed E-state index contributed by atoms with van der Waals surface area (Å²) in [5, 5.41) is 2.96. The number of methoxy groups -OCH3 is 1. The first-order valence-corrected chi connectivity index (χ1v) is 11.4. The van der Waals surface area contributed by atoms with Gasteiger partial charge in [-0.1, -0.05) is 30.3 Å². The second kappa shape index (κ2) is 9.41. The maximum atomic E-state index is 13.0. The van der Waals surface area contributed by atoms with E-state index in [1.54, 1.807) is 12.1 Å². The van der Waals surface area contributed by atoms with Gasteiger partial charge >= 0.3 is 0 Å². The van der Waals surface area contributed by atoms with Crippen molar-refractivity contribution in [2.24, 2.45) is 0 Å². The first kappa shape index (κ1) is 21.3. The molecule has 1 atom stereocenters. The number of hydrogen-bond acceptors (Lipinski definition) is 4. The summed E-state index contributed by atoms with van der Waals surface area (Å²) in [6, 6.07) is 14.6. The Morgan fingerprint density at radius 3 is 2.48 bits per heavy atom. The largest absolute Gasteiger partial charge is 0.495 e. The average molecular weight is 417 g/mol. The van der Waals surface area contributed by atoms with Crippen molar-refractivity contribution >= 4 is 15.9 Å². The third-order valence-electron chi connectivity index (χ3n) is 5.20. The highest BCUT2D eigenvalue weighted by molar-refractivity contribution is 7.89. The second-order valence-corrected chi connectivity index (χ2v) is 9.28. The van der Waals surface area contributed by atoms with E-state index >= 15 is 0 Å². The van der Waals surface area contributed by atoms with Crippen molar-refractivity contribution in [2.45, 2.75) is 43.5 Å². The van der Waals surface area contributed by atoms with Gasteiger partial charge < -0.3 is 10.1 Å². The molecule has 2 aromatic carbocycles. The number of aryl methyl sites for hydroxylation is 1. The third kappa shape index (κ3) is 5.16. The fourth-order valence-corrected chi connectivity index (χ4v) is 5.19. The smallest absolute Gasteiger partial charge is 0.251 e. The molecule has 0 radical (unpaired) electrons. The van der Waals surface area contributed by atoms with Gasteiger partial charge in [-0.3, -0.25) is 4.79 Å². The second-order valence-electron chi connectivity index (χ2n) is 7.38. The molecule has 29 heavy (non-hydrogen) atoms. The van der Waals surface area contributed by atoms with E-state index in [1.165, 1.54) is 23.0 Å². The first-order valence-electron chi connectivity index (χ1n) is 9.95. The van der Waals surface area contributed by atoms with Gasteiger partial charge in [0.1, 0.15) is 10.6 Å². The van der Waals surface area contributed by atoms with Gasteiger partial charge in [0.2, 0.25) is 10.0 Å². The van der Waals surface area contributed by atoms with Crippen LogP contribution < -0.4 is 10.1 Å². The van der Waals surface area contributed by atoms with Crippen molar-refractivity contribution in [2.75, 3.05) is 20.2 Å². The van der Waals surface area contributed by atoms with Crippen LogP contribution in [-0.2, 0) is 16.4 Å². The molecule has 7 heteroatoms. The minimum Gasteiger partial charge on any atom is -0.495 e. The number of carbonyl (C=O) groups excluding carboxylic acids is 1. The minimum absolute atomic E-state index is 0.0385.